The van der Waals surface area contributed by atoms with E-state index in [0.29, 0.717) is 11.6 Å². The van der Waals surface area contributed by atoms with E-state index in [2.05, 4.69) is 20.6 Å². The van der Waals surface area contributed by atoms with Crippen molar-refractivity contribution in [2.75, 3.05) is 17.7 Å². The molecule has 8 nitrogen and oxygen atoms in total. The van der Waals surface area contributed by atoms with Gasteiger partial charge >= 0.3 is 0 Å². The third kappa shape index (κ3) is 3.11. The first-order chi connectivity index (χ1) is 10.0. The minimum Gasteiger partial charge on any atom is -0.373 e. The van der Waals surface area contributed by atoms with E-state index in [-0.39, 0.29) is 11.3 Å². The molecule has 1 amide bonds. The van der Waals surface area contributed by atoms with Crippen LogP contribution in [0.5, 0.6) is 0 Å². The number of aryl methyl sites for hydroxylation is 1. The standard InChI is InChI=1S/C13H13N5O3/c1-8-4-3-5-15-12(8)17-13(19)9-6-11(14-2)16-7-10(9)18(20)21/h3-7H,1-2H3,(H,14,16)(H,15,17,19). The molecule has 108 valence electrons. The molecule has 0 atom stereocenters. The second-order valence-corrected chi connectivity index (χ2v) is 4.22. The van der Waals surface area contributed by atoms with Gasteiger partial charge in [-0.2, -0.15) is 0 Å². The zero-order valence-corrected chi connectivity index (χ0v) is 11.5. The molecule has 21 heavy (non-hydrogen) atoms. The van der Waals surface area contributed by atoms with Crippen LogP contribution in [0.4, 0.5) is 17.3 Å². The van der Waals surface area contributed by atoms with Gasteiger partial charge < -0.3 is 10.6 Å². The Balaban J connectivity index is 2.38. The van der Waals surface area contributed by atoms with Crippen LogP contribution in [0.3, 0.4) is 0 Å². The first kappa shape index (κ1) is 14.4. The zero-order valence-electron chi connectivity index (χ0n) is 11.5. The molecular formula is C13H13N5O3. The van der Waals surface area contributed by atoms with Crippen molar-refractivity contribution in [1.82, 2.24) is 9.97 Å². The normalized spacial score (nSPS) is 10.0. The second-order valence-electron chi connectivity index (χ2n) is 4.22. The molecule has 2 aromatic rings. The van der Waals surface area contributed by atoms with Crippen LogP contribution in [0.1, 0.15) is 15.9 Å². The Bertz CT molecular complexity index is 702. The number of hydrogen-bond acceptors (Lipinski definition) is 6. The fraction of sp³-hybridized carbons (Fsp3) is 0.154. The highest BCUT2D eigenvalue weighted by molar-refractivity contribution is 6.07. The first-order valence-electron chi connectivity index (χ1n) is 6.08. The van der Waals surface area contributed by atoms with E-state index < -0.39 is 10.8 Å². The maximum absolute atomic E-state index is 12.2. The fourth-order valence-corrected chi connectivity index (χ4v) is 1.70. The van der Waals surface area contributed by atoms with Gasteiger partial charge in [-0.15, -0.1) is 0 Å². The summed E-state index contributed by atoms with van der Waals surface area (Å²) in [5.74, 6) is 0.116. The van der Waals surface area contributed by atoms with Crippen molar-refractivity contribution in [3.8, 4) is 0 Å². The Morgan fingerprint density at radius 2 is 2.14 bits per heavy atom. The Morgan fingerprint density at radius 1 is 1.38 bits per heavy atom. The van der Waals surface area contributed by atoms with Crippen molar-refractivity contribution in [2.24, 2.45) is 0 Å². The van der Waals surface area contributed by atoms with Crippen molar-refractivity contribution in [2.45, 2.75) is 6.92 Å². The summed E-state index contributed by atoms with van der Waals surface area (Å²) in [6.45, 7) is 1.78. The zero-order chi connectivity index (χ0) is 15.4. The molecule has 0 aromatic carbocycles. The van der Waals surface area contributed by atoms with Gasteiger partial charge in [-0.25, -0.2) is 9.97 Å². The van der Waals surface area contributed by atoms with Crippen molar-refractivity contribution in [3.05, 3.63) is 51.8 Å². The average Bonchev–Trinajstić information content (AvgIpc) is 2.48. The summed E-state index contributed by atoms with van der Waals surface area (Å²) >= 11 is 0. The number of nitro groups is 1. The summed E-state index contributed by atoms with van der Waals surface area (Å²) in [5.41, 5.74) is 0.320. The molecule has 2 N–H and O–H groups in total. The quantitative estimate of drug-likeness (QED) is 0.657. The highest BCUT2D eigenvalue weighted by atomic mass is 16.6. The van der Waals surface area contributed by atoms with Crippen LogP contribution in [0.25, 0.3) is 0 Å². The van der Waals surface area contributed by atoms with Gasteiger partial charge in [-0.05, 0) is 18.6 Å². The Morgan fingerprint density at radius 3 is 2.76 bits per heavy atom. The minimum atomic E-state index is -0.646. The number of anilines is 2. The minimum absolute atomic E-state index is 0.0793. The van der Waals surface area contributed by atoms with Gasteiger partial charge in [0.25, 0.3) is 11.6 Å². The molecule has 0 aliphatic carbocycles. The summed E-state index contributed by atoms with van der Waals surface area (Å²) in [5, 5.41) is 16.3. The first-order valence-corrected chi connectivity index (χ1v) is 6.08. The molecule has 8 heteroatoms. The van der Waals surface area contributed by atoms with E-state index in [0.717, 1.165) is 11.8 Å². The van der Waals surface area contributed by atoms with Crippen molar-refractivity contribution < 1.29 is 9.72 Å². The van der Waals surface area contributed by atoms with Crippen molar-refractivity contribution in [1.29, 1.82) is 0 Å². The number of nitrogens with zero attached hydrogens (tertiary/aromatic N) is 3. The van der Waals surface area contributed by atoms with E-state index >= 15 is 0 Å². The number of rotatable bonds is 4. The molecule has 2 heterocycles. The predicted molar refractivity (Wildman–Crippen MR) is 77.4 cm³/mol. The summed E-state index contributed by atoms with van der Waals surface area (Å²) in [6, 6.07) is 4.84. The molecule has 0 fully saturated rings. The number of hydrogen-bond donors (Lipinski definition) is 2. The van der Waals surface area contributed by atoms with E-state index in [4.69, 9.17) is 0 Å². The molecule has 0 unspecified atom stereocenters. The largest absolute Gasteiger partial charge is 0.373 e. The highest BCUT2D eigenvalue weighted by Gasteiger charge is 2.22. The molecule has 2 aromatic heterocycles. The monoisotopic (exact) mass is 287 g/mol. The van der Waals surface area contributed by atoms with Crippen LogP contribution in [-0.4, -0.2) is 27.8 Å². The van der Waals surface area contributed by atoms with Gasteiger partial charge in [0.2, 0.25) is 0 Å². The van der Waals surface area contributed by atoms with Gasteiger partial charge in [-0.3, -0.25) is 14.9 Å². The third-order valence-corrected chi connectivity index (χ3v) is 2.82. The number of carbonyl (C=O) groups is 1. The van der Waals surface area contributed by atoms with Gasteiger partial charge in [-0.1, -0.05) is 6.07 Å². The number of amides is 1. The Hall–Kier alpha value is -3.03. The molecule has 0 aliphatic rings. The molecule has 2 rings (SSSR count). The lowest BCUT2D eigenvalue weighted by Crippen LogP contribution is -2.16. The molecule has 0 radical (unpaired) electrons. The van der Waals surface area contributed by atoms with Crippen molar-refractivity contribution >= 4 is 23.2 Å². The van der Waals surface area contributed by atoms with Crippen LogP contribution < -0.4 is 10.6 Å². The summed E-state index contributed by atoms with van der Waals surface area (Å²) < 4.78 is 0. The van der Waals surface area contributed by atoms with E-state index in [1.807, 2.05) is 0 Å². The summed E-state index contributed by atoms with van der Waals surface area (Å²) in [6.07, 6.45) is 2.58. The molecule has 0 spiro atoms. The van der Waals surface area contributed by atoms with Gasteiger partial charge in [0.1, 0.15) is 23.4 Å². The molecule has 0 bridgehead atoms. The summed E-state index contributed by atoms with van der Waals surface area (Å²) in [4.78, 5) is 30.5. The fourth-order valence-electron chi connectivity index (χ4n) is 1.70. The van der Waals surface area contributed by atoms with Gasteiger partial charge in [0, 0.05) is 19.3 Å². The van der Waals surface area contributed by atoms with Gasteiger partial charge in [0.15, 0.2) is 0 Å². The van der Waals surface area contributed by atoms with Crippen LogP contribution in [0.2, 0.25) is 0 Å². The molecular weight excluding hydrogens is 274 g/mol. The lowest BCUT2D eigenvalue weighted by molar-refractivity contribution is -0.385. The average molecular weight is 287 g/mol. The lowest BCUT2D eigenvalue weighted by Gasteiger charge is -2.08. The third-order valence-electron chi connectivity index (χ3n) is 2.82. The second kappa shape index (κ2) is 5.95. The number of carbonyl (C=O) groups excluding carboxylic acids is 1. The molecule has 0 saturated carbocycles. The lowest BCUT2D eigenvalue weighted by atomic mass is 10.2. The van der Waals surface area contributed by atoms with Crippen LogP contribution in [0, 0.1) is 17.0 Å². The van der Waals surface area contributed by atoms with Gasteiger partial charge in [0.05, 0.1) is 4.92 Å². The SMILES string of the molecule is CNc1cc(C(=O)Nc2ncccc2C)c([N+](=O)[O-])cn1. The molecule has 0 saturated heterocycles. The Kier molecular flexibility index (Phi) is 4.07. The number of aromatic nitrogens is 2. The van der Waals surface area contributed by atoms with Crippen molar-refractivity contribution in [3.63, 3.8) is 0 Å². The maximum Gasteiger partial charge on any atom is 0.300 e. The van der Waals surface area contributed by atoms with E-state index in [1.165, 1.54) is 12.3 Å². The molecule has 0 aliphatic heterocycles. The number of nitrogens with one attached hydrogen (secondary N) is 2. The maximum atomic E-state index is 12.2. The van der Waals surface area contributed by atoms with E-state index in [9.17, 15) is 14.9 Å². The van der Waals surface area contributed by atoms with Crippen LogP contribution in [-0.2, 0) is 0 Å². The highest BCUT2D eigenvalue weighted by Crippen LogP contribution is 2.21. The topological polar surface area (TPSA) is 110 Å². The number of pyridine rings is 2. The summed E-state index contributed by atoms with van der Waals surface area (Å²) in [7, 11) is 1.61. The van der Waals surface area contributed by atoms with E-state index in [1.54, 1.807) is 26.1 Å². The smallest absolute Gasteiger partial charge is 0.300 e. The predicted octanol–water partition coefficient (Wildman–Crippen LogP) is 1.99. The Labute approximate surface area is 120 Å². The van der Waals surface area contributed by atoms with Crippen LogP contribution >= 0.6 is 0 Å². The van der Waals surface area contributed by atoms with Crippen LogP contribution in [0.15, 0.2) is 30.6 Å².